The van der Waals surface area contributed by atoms with E-state index in [2.05, 4.69) is 35.6 Å². The number of amides is 1. The van der Waals surface area contributed by atoms with Crippen LogP contribution >= 0.6 is 0 Å². The first kappa shape index (κ1) is 16.4. The van der Waals surface area contributed by atoms with Crippen molar-refractivity contribution in [3.63, 3.8) is 0 Å². The van der Waals surface area contributed by atoms with Gasteiger partial charge in [-0.15, -0.1) is 15.0 Å². The second kappa shape index (κ2) is 6.72. The first-order chi connectivity index (χ1) is 13.8. The fraction of sp³-hybridized carbons (Fsp3) is 0.222. The Kier molecular flexibility index (Phi) is 3.93. The zero-order valence-corrected chi connectivity index (χ0v) is 14.9. The van der Waals surface area contributed by atoms with Crippen LogP contribution in [0.1, 0.15) is 17.0 Å². The summed E-state index contributed by atoms with van der Waals surface area (Å²) in [6.45, 7) is 1.44. The molecule has 1 aliphatic heterocycles. The van der Waals surface area contributed by atoms with Crippen molar-refractivity contribution >= 4 is 17.4 Å². The van der Waals surface area contributed by atoms with Crippen LogP contribution in [0.5, 0.6) is 0 Å². The summed E-state index contributed by atoms with van der Waals surface area (Å²) in [5, 5.41) is 15.0. The van der Waals surface area contributed by atoms with E-state index in [1.807, 2.05) is 47.1 Å². The molecule has 1 saturated heterocycles. The lowest BCUT2D eigenvalue weighted by Gasteiger charge is -2.18. The Bertz CT molecular complexity index is 1120. The van der Waals surface area contributed by atoms with Gasteiger partial charge in [0.1, 0.15) is 0 Å². The molecule has 1 fully saturated rings. The predicted molar refractivity (Wildman–Crippen MR) is 100 cm³/mol. The van der Waals surface area contributed by atoms with E-state index >= 15 is 0 Å². The van der Waals surface area contributed by atoms with Gasteiger partial charge in [0.05, 0.1) is 5.69 Å². The van der Waals surface area contributed by atoms with Gasteiger partial charge in [-0.05, 0) is 23.8 Å². The van der Waals surface area contributed by atoms with Crippen molar-refractivity contribution in [2.24, 2.45) is 0 Å². The molecule has 0 bridgehead atoms. The molecule has 28 heavy (non-hydrogen) atoms. The Morgan fingerprint density at radius 2 is 1.93 bits per heavy atom. The van der Waals surface area contributed by atoms with Crippen molar-refractivity contribution < 1.29 is 4.79 Å². The number of anilines is 1. The highest BCUT2D eigenvalue weighted by Gasteiger charge is 2.28. The Morgan fingerprint density at radius 3 is 2.79 bits per heavy atom. The molecule has 4 heterocycles. The molecule has 10 nitrogen and oxygen atoms in total. The van der Waals surface area contributed by atoms with Crippen LogP contribution in [-0.2, 0) is 0 Å². The summed E-state index contributed by atoms with van der Waals surface area (Å²) in [4.78, 5) is 24.8. The molecule has 1 aliphatic rings. The maximum Gasteiger partial charge on any atom is 0.293 e. The van der Waals surface area contributed by atoms with Crippen molar-refractivity contribution in [1.82, 2.24) is 39.9 Å². The van der Waals surface area contributed by atoms with E-state index < -0.39 is 0 Å². The lowest BCUT2D eigenvalue weighted by Crippen LogP contribution is -2.37. The average Bonchev–Trinajstić information content (AvgIpc) is 3.48. The van der Waals surface area contributed by atoms with E-state index in [0.717, 1.165) is 30.1 Å². The molecule has 0 saturated carbocycles. The van der Waals surface area contributed by atoms with Crippen molar-refractivity contribution in [3.8, 4) is 5.69 Å². The molecule has 140 valence electrons. The molecule has 4 aromatic rings. The van der Waals surface area contributed by atoms with Gasteiger partial charge in [0, 0.05) is 43.9 Å². The molecular formula is C18H17N9O. The van der Waals surface area contributed by atoms with E-state index in [1.165, 1.54) is 4.80 Å². The van der Waals surface area contributed by atoms with Crippen LogP contribution in [0.4, 0.5) is 5.82 Å². The van der Waals surface area contributed by atoms with Gasteiger partial charge in [0.25, 0.3) is 11.7 Å². The maximum atomic E-state index is 12.5. The second-order valence-electron chi connectivity index (χ2n) is 6.55. The Morgan fingerprint density at radius 1 is 1.11 bits per heavy atom. The summed E-state index contributed by atoms with van der Waals surface area (Å²) in [6, 6.07) is 9.33. The molecule has 0 aliphatic carbocycles. The fourth-order valence-electron chi connectivity index (χ4n) is 3.36. The van der Waals surface area contributed by atoms with Gasteiger partial charge < -0.3 is 14.6 Å². The number of benzene rings is 1. The van der Waals surface area contributed by atoms with Gasteiger partial charge >= 0.3 is 0 Å². The number of fused-ring (bicyclic) bond motifs is 1. The highest BCUT2D eigenvalue weighted by Crippen LogP contribution is 2.22. The van der Waals surface area contributed by atoms with Crippen molar-refractivity contribution in [3.05, 3.63) is 60.9 Å². The minimum Gasteiger partial charge on any atom is -0.351 e. The van der Waals surface area contributed by atoms with Crippen LogP contribution < -0.4 is 10.2 Å². The molecule has 1 amide bonds. The van der Waals surface area contributed by atoms with Gasteiger partial charge in [0.15, 0.2) is 11.5 Å². The predicted octanol–water partition coefficient (Wildman–Crippen LogP) is 0.714. The Hall–Kier alpha value is -3.82. The van der Waals surface area contributed by atoms with Crippen LogP contribution in [0, 0.1) is 0 Å². The zero-order valence-electron chi connectivity index (χ0n) is 14.9. The third-order valence-electron chi connectivity index (χ3n) is 4.72. The van der Waals surface area contributed by atoms with Gasteiger partial charge in [-0.1, -0.05) is 18.2 Å². The molecule has 1 atom stereocenters. The Labute approximate surface area is 159 Å². The largest absolute Gasteiger partial charge is 0.351 e. The number of tetrazole rings is 1. The molecule has 1 unspecified atom stereocenters. The average molecular weight is 375 g/mol. The summed E-state index contributed by atoms with van der Waals surface area (Å²) in [5.41, 5.74) is 1.56. The van der Waals surface area contributed by atoms with Crippen molar-refractivity contribution in [1.29, 1.82) is 0 Å². The van der Waals surface area contributed by atoms with Crippen molar-refractivity contribution in [2.45, 2.75) is 12.5 Å². The Balaban J connectivity index is 1.27. The normalized spacial score (nSPS) is 16.6. The van der Waals surface area contributed by atoms with Crippen LogP contribution in [0.15, 0.2) is 55.1 Å². The molecule has 0 spiro atoms. The first-order valence-corrected chi connectivity index (χ1v) is 8.97. The van der Waals surface area contributed by atoms with Crippen LogP contribution in [0.3, 0.4) is 0 Å². The smallest absolute Gasteiger partial charge is 0.293 e. The number of carbonyl (C=O) groups is 1. The molecule has 1 aromatic carbocycles. The second-order valence-corrected chi connectivity index (χ2v) is 6.55. The summed E-state index contributed by atoms with van der Waals surface area (Å²) in [6.07, 6.45) is 8.06. The van der Waals surface area contributed by atoms with E-state index in [-0.39, 0.29) is 17.8 Å². The van der Waals surface area contributed by atoms with E-state index in [9.17, 15) is 4.79 Å². The summed E-state index contributed by atoms with van der Waals surface area (Å²) >= 11 is 0. The third kappa shape index (κ3) is 2.94. The number of carbonyl (C=O) groups excluding carboxylic acids is 1. The number of imidazole rings is 1. The lowest BCUT2D eigenvalue weighted by atomic mass is 10.2. The topological polar surface area (TPSA) is 106 Å². The van der Waals surface area contributed by atoms with Gasteiger partial charge in [-0.3, -0.25) is 4.79 Å². The first-order valence-electron chi connectivity index (χ1n) is 8.97. The number of nitrogens with zero attached hydrogens (tertiary/aromatic N) is 8. The zero-order chi connectivity index (χ0) is 18.9. The highest BCUT2D eigenvalue weighted by molar-refractivity contribution is 5.90. The quantitative estimate of drug-likeness (QED) is 0.560. The molecule has 1 N–H and O–H groups in total. The lowest BCUT2D eigenvalue weighted by molar-refractivity contribution is 0.0929. The fourth-order valence-corrected chi connectivity index (χ4v) is 3.36. The SMILES string of the molecule is O=C(NC1CCN(c2nccn3ccnc23)C1)c1nnn(-c2ccccc2)n1. The highest BCUT2D eigenvalue weighted by atomic mass is 16.2. The number of hydrogen-bond acceptors (Lipinski definition) is 7. The summed E-state index contributed by atoms with van der Waals surface area (Å²) < 4.78 is 1.93. The van der Waals surface area contributed by atoms with Crippen molar-refractivity contribution in [2.75, 3.05) is 18.0 Å². The number of hydrogen-bond donors (Lipinski definition) is 1. The molecule has 5 rings (SSSR count). The molecule has 10 heteroatoms. The van der Waals surface area contributed by atoms with Gasteiger partial charge in [-0.25, -0.2) is 9.97 Å². The molecule has 0 radical (unpaired) electrons. The number of para-hydroxylation sites is 1. The van der Waals surface area contributed by atoms with Crippen LogP contribution in [0.25, 0.3) is 11.3 Å². The number of rotatable bonds is 4. The standard InChI is InChI=1S/C18H17N9O/c28-18(15-22-24-27(23-15)14-4-2-1-3-5-14)21-13-6-9-26(12-13)17-16-19-7-10-25(16)11-8-20-17/h1-5,7-8,10-11,13H,6,9,12H2,(H,21,28). The van der Waals surface area contributed by atoms with Crippen LogP contribution in [0.2, 0.25) is 0 Å². The summed E-state index contributed by atoms with van der Waals surface area (Å²) in [7, 11) is 0. The third-order valence-corrected chi connectivity index (χ3v) is 4.72. The number of aromatic nitrogens is 7. The minimum atomic E-state index is -0.332. The molecule has 3 aromatic heterocycles. The van der Waals surface area contributed by atoms with Gasteiger partial charge in [-0.2, -0.15) is 0 Å². The minimum absolute atomic E-state index is 0.0202. The summed E-state index contributed by atoms with van der Waals surface area (Å²) in [5.74, 6) is 0.536. The van der Waals surface area contributed by atoms with Gasteiger partial charge in [0.2, 0.25) is 0 Å². The van der Waals surface area contributed by atoms with E-state index in [0.29, 0.717) is 6.54 Å². The monoisotopic (exact) mass is 375 g/mol. The molecular weight excluding hydrogens is 358 g/mol. The van der Waals surface area contributed by atoms with Crippen LogP contribution in [-0.4, -0.2) is 59.6 Å². The van der Waals surface area contributed by atoms with E-state index in [4.69, 9.17) is 0 Å². The van der Waals surface area contributed by atoms with E-state index in [1.54, 1.807) is 12.4 Å². The maximum absolute atomic E-state index is 12.5. The number of nitrogens with one attached hydrogen (secondary N) is 1.